The second-order valence-corrected chi connectivity index (χ2v) is 7.12. The first kappa shape index (κ1) is 18.5. The molecule has 6 heteroatoms. The van der Waals surface area contributed by atoms with E-state index in [-0.39, 0.29) is 24.2 Å². The van der Waals surface area contributed by atoms with Crippen LogP contribution in [-0.4, -0.2) is 60.9 Å². The molecule has 3 saturated heterocycles. The van der Waals surface area contributed by atoms with Crippen LogP contribution in [0.5, 0.6) is 0 Å². The molecule has 2 atom stereocenters. The van der Waals surface area contributed by atoms with Crippen LogP contribution in [0.15, 0.2) is 0 Å². The first-order chi connectivity index (χ1) is 10.7. The van der Waals surface area contributed by atoms with Crippen molar-refractivity contribution < 1.29 is 9.59 Å². The SMILES string of the molecule is Cl.O=C(CN1CCCCCCC1=O)N1CC[C@@H]2CNC[C@@H]2CC1. The number of rotatable bonds is 2. The molecule has 0 spiro atoms. The topological polar surface area (TPSA) is 52.7 Å². The van der Waals surface area contributed by atoms with Crippen molar-refractivity contribution in [2.75, 3.05) is 39.3 Å². The van der Waals surface area contributed by atoms with Gasteiger partial charge in [-0.2, -0.15) is 0 Å². The Hall–Kier alpha value is -0.810. The molecule has 23 heavy (non-hydrogen) atoms. The largest absolute Gasteiger partial charge is 0.341 e. The molecule has 0 unspecified atom stereocenters. The first-order valence-corrected chi connectivity index (χ1v) is 9.00. The minimum absolute atomic E-state index is 0. The fraction of sp³-hybridized carbons (Fsp3) is 0.882. The molecule has 0 aromatic carbocycles. The van der Waals surface area contributed by atoms with Crippen LogP contribution in [0.4, 0.5) is 0 Å². The lowest BCUT2D eigenvalue weighted by Crippen LogP contribution is -2.44. The van der Waals surface area contributed by atoms with E-state index in [2.05, 4.69) is 5.32 Å². The molecular formula is C17H30ClN3O2. The summed E-state index contributed by atoms with van der Waals surface area (Å²) < 4.78 is 0. The maximum Gasteiger partial charge on any atom is 0.242 e. The Labute approximate surface area is 145 Å². The summed E-state index contributed by atoms with van der Waals surface area (Å²) in [7, 11) is 0. The molecule has 3 aliphatic rings. The maximum absolute atomic E-state index is 12.6. The molecule has 3 rings (SSSR count). The van der Waals surface area contributed by atoms with Gasteiger partial charge in [-0.05, 0) is 50.6 Å². The zero-order valence-electron chi connectivity index (χ0n) is 14.0. The second-order valence-electron chi connectivity index (χ2n) is 7.12. The Morgan fingerprint density at radius 1 is 1.00 bits per heavy atom. The van der Waals surface area contributed by atoms with Gasteiger partial charge in [-0.15, -0.1) is 12.4 Å². The quantitative estimate of drug-likeness (QED) is 0.829. The van der Waals surface area contributed by atoms with Crippen molar-refractivity contribution >= 4 is 24.2 Å². The van der Waals surface area contributed by atoms with Crippen LogP contribution in [0.3, 0.4) is 0 Å². The van der Waals surface area contributed by atoms with Crippen molar-refractivity contribution in [3.63, 3.8) is 0 Å². The summed E-state index contributed by atoms with van der Waals surface area (Å²) in [5, 5.41) is 3.46. The van der Waals surface area contributed by atoms with E-state index in [1.165, 1.54) is 6.42 Å². The molecule has 0 radical (unpaired) electrons. The number of nitrogens with one attached hydrogen (secondary N) is 1. The van der Waals surface area contributed by atoms with Crippen molar-refractivity contribution in [1.29, 1.82) is 0 Å². The van der Waals surface area contributed by atoms with Crippen LogP contribution in [0, 0.1) is 11.8 Å². The lowest BCUT2D eigenvalue weighted by atomic mass is 9.92. The number of carbonyl (C=O) groups is 2. The smallest absolute Gasteiger partial charge is 0.242 e. The Morgan fingerprint density at radius 2 is 1.65 bits per heavy atom. The van der Waals surface area contributed by atoms with Crippen LogP contribution in [0.2, 0.25) is 0 Å². The Bertz CT molecular complexity index is 405. The monoisotopic (exact) mass is 343 g/mol. The van der Waals surface area contributed by atoms with Gasteiger partial charge in [0.2, 0.25) is 11.8 Å². The number of carbonyl (C=O) groups excluding carboxylic acids is 2. The summed E-state index contributed by atoms with van der Waals surface area (Å²) >= 11 is 0. The fourth-order valence-corrected chi connectivity index (χ4v) is 4.11. The van der Waals surface area contributed by atoms with Crippen LogP contribution in [0.25, 0.3) is 0 Å². The van der Waals surface area contributed by atoms with Crippen molar-refractivity contribution in [1.82, 2.24) is 15.1 Å². The van der Waals surface area contributed by atoms with Crippen molar-refractivity contribution in [3.05, 3.63) is 0 Å². The van der Waals surface area contributed by atoms with E-state index in [0.29, 0.717) is 13.0 Å². The van der Waals surface area contributed by atoms with Gasteiger partial charge in [-0.25, -0.2) is 0 Å². The van der Waals surface area contributed by atoms with Crippen LogP contribution in [-0.2, 0) is 9.59 Å². The van der Waals surface area contributed by atoms with Gasteiger partial charge in [0.25, 0.3) is 0 Å². The third-order valence-corrected chi connectivity index (χ3v) is 5.62. The molecule has 3 aliphatic heterocycles. The number of hydrogen-bond acceptors (Lipinski definition) is 3. The van der Waals surface area contributed by atoms with E-state index in [9.17, 15) is 9.59 Å². The Balaban J connectivity index is 0.00000192. The predicted molar refractivity (Wildman–Crippen MR) is 92.6 cm³/mol. The van der Waals surface area contributed by atoms with Crippen LogP contribution >= 0.6 is 12.4 Å². The van der Waals surface area contributed by atoms with E-state index in [1.807, 2.05) is 4.90 Å². The highest BCUT2D eigenvalue weighted by atomic mass is 35.5. The van der Waals surface area contributed by atoms with Gasteiger partial charge in [0.15, 0.2) is 0 Å². The molecule has 132 valence electrons. The number of nitrogens with zero attached hydrogens (tertiary/aromatic N) is 2. The van der Waals surface area contributed by atoms with Gasteiger partial charge in [-0.1, -0.05) is 12.8 Å². The molecule has 0 bridgehead atoms. The third kappa shape index (κ3) is 4.83. The highest BCUT2D eigenvalue weighted by Gasteiger charge is 2.32. The van der Waals surface area contributed by atoms with Crippen molar-refractivity contribution in [2.24, 2.45) is 11.8 Å². The summed E-state index contributed by atoms with van der Waals surface area (Å²) in [4.78, 5) is 28.6. The average Bonchev–Trinajstić information content (AvgIpc) is 2.85. The standard InChI is InChI=1S/C17H29N3O2.ClH/c21-16-5-3-1-2-4-8-20(16)13-17(22)19-9-6-14-11-18-12-15(14)7-10-19;/h14-15,18H,1-13H2;1H/t14-,15+;. The number of amides is 2. The number of halogens is 1. The van der Waals surface area contributed by atoms with Gasteiger partial charge in [-0.3, -0.25) is 9.59 Å². The lowest BCUT2D eigenvalue weighted by Gasteiger charge is -2.28. The van der Waals surface area contributed by atoms with Crippen molar-refractivity contribution in [3.8, 4) is 0 Å². The molecule has 5 nitrogen and oxygen atoms in total. The Kier molecular flexibility index (Phi) is 7.15. The summed E-state index contributed by atoms with van der Waals surface area (Å²) in [5.41, 5.74) is 0. The highest BCUT2D eigenvalue weighted by Crippen LogP contribution is 2.27. The number of hydrogen-bond donors (Lipinski definition) is 1. The molecule has 1 N–H and O–H groups in total. The molecule has 0 saturated carbocycles. The van der Waals surface area contributed by atoms with Gasteiger partial charge in [0.05, 0.1) is 6.54 Å². The average molecular weight is 344 g/mol. The molecule has 0 aliphatic carbocycles. The third-order valence-electron chi connectivity index (χ3n) is 5.62. The van der Waals surface area contributed by atoms with Gasteiger partial charge in [0, 0.05) is 26.1 Å². The molecule has 0 aromatic rings. The molecular weight excluding hydrogens is 314 g/mol. The zero-order valence-corrected chi connectivity index (χ0v) is 14.8. The van der Waals surface area contributed by atoms with E-state index in [0.717, 1.165) is 76.7 Å². The van der Waals surface area contributed by atoms with E-state index >= 15 is 0 Å². The first-order valence-electron chi connectivity index (χ1n) is 9.00. The van der Waals surface area contributed by atoms with E-state index in [1.54, 1.807) is 4.90 Å². The number of fused-ring (bicyclic) bond motifs is 1. The summed E-state index contributed by atoms with van der Waals surface area (Å²) in [6.45, 7) is 5.00. The predicted octanol–water partition coefficient (Wildman–Crippen LogP) is 1.66. The highest BCUT2D eigenvalue weighted by molar-refractivity contribution is 5.85. The summed E-state index contributed by atoms with van der Waals surface area (Å²) in [6.07, 6.45) is 7.17. The molecule has 0 aromatic heterocycles. The number of likely N-dealkylation sites (tertiary alicyclic amines) is 2. The lowest BCUT2D eigenvalue weighted by molar-refractivity contribution is -0.141. The Morgan fingerprint density at radius 3 is 2.35 bits per heavy atom. The summed E-state index contributed by atoms with van der Waals surface area (Å²) in [6, 6.07) is 0. The van der Waals surface area contributed by atoms with Crippen LogP contribution in [0.1, 0.15) is 44.9 Å². The van der Waals surface area contributed by atoms with Gasteiger partial charge < -0.3 is 15.1 Å². The summed E-state index contributed by atoms with van der Waals surface area (Å²) in [5.74, 6) is 1.80. The van der Waals surface area contributed by atoms with Gasteiger partial charge >= 0.3 is 0 Å². The maximum atomic E-state index is 12.6. The normalized spacial score (nSPS) is 29.1. The van der Waals surface area contributed by atoms with Crippen molar-refractivity contribution in [2.45, 2.75) is 44.9 Å². The van der Waals surface area contributed by atoms with Crippen LogP contribution < -0.4 is 5.32 Å². The molecule has 2 amide bonds. The van der Waals surface area contributed by atoms with E-state index < -0.39 is 0 Å². The fourth-order valence-electron chi connectivity index (χ4n) is 4.11. The van der Waals surface area contributed by atoms with E-state index in [4.69, 9.17) is 0 Å². The second kappa shape index (κ2) is 8.88. The minimum atomic E-state index is 0. The zero-order chi connectivity index (χ0) is 15.4. The molecule has 3 heterocycles. The minimum Gasteiger partial charge on any atom is -0.341 e. The van der Waals surface area contributed by atoms with Gasteiger partial charge in [0.1, 0.15) is 0 Å². The molecule has 3 fully saturated rings.